The number of nitrogens with zero attached hydrogens (tertiary/aromatic N) is 4. The summed E-state index contributed by atoms with van der Waals surface area (Å²) in [6.07, 6.45) is 6.36. The first-order chi connectivity index (χ1) is 14.8. The molecule has 0 aromatic carbocycles. The van der Waals surface area contributed by atoms with E-state index in [-0.39, 0.29) is 5.92 Å². The van der Waals surface area contributed by atoms with Crippen molar-refractivity contribution in [2.75, 3.05) is 0 Å². The smallest absolute Gasteiger partial charge is 0.0940 e. The van der Waals surface area contributed by atoms with E-state index in [4.69, 9.17) is 10.5 Å². The molecule has 0 aromatic heterocycles. The Bertz CT molecular complexity index is 720. The minimum absolute atomic E-state index is 0.241. The van der Waals surface area contributed by atoms with Gasteiger partial charge >= 0.3 is 0 Å². The summed E-state index contributed by atoms with van der Waals surface area (Å²) in [6, 6.07) is 5.12. The minimum Gasteiger partial charge on any atom is -0.291 e. The van der Waals surface area contributed by atoms with Gasteiger partial charge in [-0.1, -0.05) is 39.8 Å². The van der Waals surface area contributed by atoms with Crippen LogP contribution in [0.1, 0.15) is 95.9 Å². The summed E-state index contributed by atoms with van der Waals surface area (Å²) < 4.78 is 0. The highest BCUT2D eigenvalue weighted by Crippen LogP contribution is 2.24. The molecule has 32 heavy (non-hydrogen) atoms. The zero-order valence-corrected chi connectivity index (χ0v) is 22.8. The number of hydrogen-bond donors (Lipinski definition) is 0. The van der Waals surface area contributed by atoms with E-state index in [1.165, 1.54) is 23.4 Å². The van der Waals surface area contributed by atoms with Crippen molar-refractivity contribution in [2.24, 2.45) is 33.7 Å². The summed E-state index contributed by atoms with van der Waals surface area (Å²) in [6.45, 7) is 25.0. The molecule has 2 heterocycles. The minimum atomic E-state index is 0.241. The molecular weight excluding hydrogens is 392 g/mol. The van der Waals surface area contributed by atoms with Crippen molar-refractivity contribution >= 4 is 11.4 Å². The van der Waals surface area contributed by atoms with Gasteiger partial charge in [-0.2, -0.15) is 10.5 Å². The highest BCUT2D eigenvalue weighted by molar-refractivity contribution is 5.98. The standard InChI is InChI=1S/C9H17N.C9H15N.C5H9N.C5H7N/c2*1-6-5-7(2)9(4)10-8(6)3;2*1-3-5(2)4-6/h6-8H,5H2,1-4H3;5-6,8H,1-4H3;5H,3H2,1-2H3;3H,1-2H3/b;;;5-3-. The van der Waals surface area contributed by atoms with E-state index in [1.807, 2.05) is 26.8 Å². The Balaban J connectivity index is 0. The normalized spacial score (nSPS) is 27.6. The van der Waals surface area contributed by atoms with Crippen LogP contribution >= 0.6 is 0 Å². The van der Waals surface area contributed by atoms with Crippen molar-refractivity contribution in [3.63, 3.8) is 0 Å². The maximum Gasteiger partial charge on any atom is 0.0940 e. The fourth-order valence-corrected chi connectivity index (χ4v) is 2.84. The number of nitriles is 2. The van der Waals surface area contributed by atoms with Crippen molar-refractivity contribution in [2.45, 2.75) is 108 Å². The van der Waals surface area contributed by atoms with Crippen LogP contribution in [0.25, 0.3) is 0 Å². The van der Waals surface area contributed by atoms with Gasteiger partial charge in [-0.3, -0.25) is 9.98 Å². The quantitative estimate of drug-likeness (QED) is 0.388. The topological polar surface area (TPSA) is 72.3 Å². The van der Waals surface area contributed by atoms with E-state index in [0.717, 1.165) is 17.9 Å². The van der Waals surface area contributed by atoms with Gasteiger partial charge in [0.1, 0.15) is 0 Å². The molecule has 2 aliphatic rings. The van der Waals surface area contributed by atoms with Crippen molar-refractivity contribution in [3.05, 3.63) is 23.3 Å². The van der Waals surface area contributed by atoms with Gasteiger partial charge < -0.3 is 0 Å². The third-order valence-electron chi connectivity index (χ3n) is 6.35. The Hall–Kier alpha value is -2.20. The van der Waals surface area contributed by atoms with E-state index in [9.17, 15) is 0 Å². The Morgan fingerprint density at radius 1 is 1.09 bits per heavy atom. The summed E-state index contributed by atoms with van der Waals surface area (Å²) in [4.78, 5) is 9.05. The first-order valence-electron chi connectivity index (χ1n) is 12.0. The Kier molecular flexibility index (Phi) is 17.4. The molecule has 0 bridgehead atoms. The molecule has 2 rings (SSSR count). The Morgan fingerprint density at radius 2 is 1.66 bits per heavy atom. The van der Waals surface area contributed by atoms with Crippen LogP contribution in [-0.4, -0.2) is 23.5 Å². The number of allylic oxidation sites excluding steroid dienone is 3. The summed E-state index contributed by atoms with van der Waals surface area (Å²) in [5.41, 5.74) is 4.65. The van der Waals surface area contributed by atoms with Crippen LogP contribution in [0.2, 0.25) is 0 Å². The predicted molar refractivity (Wildman–Crippen MR) is 141 cm³/mol. The van der Waals surface area contributed by atoms with Gasteiger partial charge in [0, 0.05) is 29.0 Å². The predicted octanol–water partition coefficient (Wildman–Crippen LogP) is 7.98. The maximum atomic E-state index is 8.08. The molecule has 2 aliphatic heterocycles. The number of dihydropyridines is 1. The van der Waals surface area contributed by atoms with Crippen molar-refractivity contribution in [1.29, 1.82) is 10.5 Å². The van der Waals surface area contributed by atoms with Gasteiger partial charge in [0.15, 0.2) is 0 Å². The average Bonchev–Trinajstić information content (AvgIpc) is 2.76. The molecule has 4 nitrogen and oxygen atoms in total. The lowest BCUT2D eigenvalue weighted by Gasteiger charge is -2.27. The number of rotatable bonds is 1. The highest BCUT2D eigenvalue weighted by Gasteiger charge is 2.21. The maximum absolute atomic E-state index is 8.08. The van der Waals surface area contributed by atoms with Crippen LogP contribution < -0.4 is 0 Å². The van der Waals surface area contributed by atoms with Gasteiger partial charge in [-0.25, -0.2) is 0 Å². The summed E-state index contributed by atoms with van der Waals surface area (Å²) in [7, 11) is 0. The van der Waals surface area contributed by atoms with Crippen molar-refractivity contribution in [3.8, 4) is 12.1 Å². The van der Waals surface area contributed by atoms with Gasteiger partial charge in [-0.15, -0.1) is 0 Å². The lowest BCUT2D eigenvalue weighted by Crippen LogP contribution is -2.25. The van der Waals surface area contributed by atoms with Crippen LogP contribution in [0.5, 0.6) is 0 Å². The van der Waals surface area contributed by atoms with Crippen LogP contribution in [0, 0.1) is 46.3 Å². The second-order valence-corrected chi connectivity index (χ2v) is 9.31. The third kappa shape index (κ3) is 14.0. The van der Waals surface area contributed by atoms with E-state index < -0.39 is 0 Å². The lowest BCUT2D eigenvalue weighted by molar-refractivity contribution is 0.393. The molecule has 0 aromatic rings. The zero-order valence-electron chi connectivity index (χ0n) is 22.8. The van der Waals surface area contributed by atoms with Gasteiger partial charge in [0.2, 0.25) is 0 Å². The molecule has 0 N–H and O–H groups in total. The molecular formula is C28H48N4. The fraction of sp³-hybridized carbons (Fsp3) is 0.714. The van der Waals surface area contributed by atoms with Gasteiger partial charge in [0.05, 0.1) is 18.2 Å². The highest BCUT2D eigenvalue weighted by atomic mass is 14.8. The fourth-order valence-electron chi connectivity index (χ4n) is 2.84. The molecule has 0 spiro atoms. The summed E-state index contributed by atoms with van der Waals surface area (Å²) in [5.74, 6) is 2.35. The molecule has 0 radical (unpaired) electrons. The van der Waals surface area contributed by atoms with Gasteiger partial charge in [0.25, 0.3) is 0 Å². The first-order valence-corrected chi connectivity index (χ1v) is 12.0. The van der Waals surface area contributed by atoms with E-state index in [1.54, 1.807) is 13.0 Å². The van der Waals surface area contributed by atoms with Crippen molar-refractivity contribution in [1.82, 2.24) is 0 Å². The van der Waals surface area contributed by atoms with E-state index in [0.29, 0.717) is 23.9 Å². The van der Waals surface area contributed by atoms with Crippen LogP contribution in [0.15, 0.2) is 33.3 Å². The second kappa shape index (κ2) is 17.4. The molecule has 4 heteroatoms. The first kappa shape index (κ1) is 32.0. The summed E-state index contributed by atoms with van der Waals surface area (Å²) >= 11 is 0. The Labute approximate surface area is 199 Å². The number of aliphatic imine (C=N–C) groups is 2. The van der Waals surface area contributed by atoms with Crippen LogP contribution in [0.3, 0.4) is 0 Å². The molecule has 180 valence electrons. The van der Waals surface area contributed by atoms with Gasteiger partial charge in [-0.05, 0) is 91.6 Å². The van der Waals surface area contributed by atoms with Crippen LogP contribution in [0.4, 0.5) is 0 Å². The molecule has 6 unspecified atom stereocenters. The molecule has 0 aliphatic carbocycles. The van der Waals surface area contributed by atoms with Crippen molar-refractivity contribution < 1.29 is 0 Å². The Morgan fingerprint density at radius 3 is 1.97 bits per heavy atom. The van der Waals surface area contributed by atoms with Crippen LogP contribution in [-0.2, 0) is 0 Å². The van der Waals surface area contributed by atoms with E-state index in [2.05, 4.69) is 77.5 Å². The lowest BCUT2D eigenvalue weighted by atomic mass is 9.86. The zero-order chi connectivity index (χ0) is 25.4. The second-order valence-electron chi connectivity index (χ2n) is 9.31. The SMILES string of the molecule is C/C=C(/C)C#N.CC1=CC(C)C(C)N=C1C.CC1=NC(C)C(C)CC1C.CCC(C)C#N. The summed E-state index contributed by atoms with van der Waals surface area (Å²) in [5, 5.41) is 16.1. The third-order valence-corrected chi connectivity index (χ3v) is 6.35. The largest absolute Gasteiger partial charge is 0.291 e. The molecule has 0 saturated carbocycles. The monoisotopic (exact) mass is 440 g/mol. The molecule has 0 amide bonds. The molecule has 0 saturated heterocycles. The number of hydrogen-bond acceptors (Lipinski definition) is 4. The average molecular weight is 441 g/mol. The molecule has 0 fully saturated rings. The van der Waals surface area contributed by atoms with E-state index >= 15 is 0 Å². The molecule has 6 atom stereocenters.